The molecule has 4 N–H and O–H groups in total. The van der Waals surface area contributed by atoms with Crippen molar-refractivity contribution in [3.8, 4) is 0 Å². The van der Waals surface area contributed by atoms with Crippen molar-refractivity contribution in [2.75, 3.05) is 38.6 Å². The highest BCUT2D eigenvalue weighted by molar-refractivity contribution is 8.13. The maximum atomic E-state index is 5.32. The molecule has 0 aromatic heterocycles. The zero-order valence-electron chi connectivity index (χ0n) is 7.98. The van der Waals surface area contributed by atoms with Gasteiger partial charge in [0.15, 0.2) is 0 Å². The second kappa shape index (κ2) is 9.86. The lowest BCUT2D eigenvalue weighted by molar-refractivity contribution is -0.110. The van der Waals surface area contributed by atoms with Crippen LogP contribution in [-0.4, -0.2) is 48.7 Å². The molecule has 1 aliphatic rings. The van der Waals surface area contributed by atoms with Crippen LogP contribution in [0.4, 0.5) is 0 Å². The molecule has 1 fully saturated rings. The smallest absolute Gasteiger partial charge is 0.299 e. The molecule has 86 valence electrons. The third-order valence-electron chi connectivity index (χ3n) is 1.78. The van der Waals surface area contributed by atoms with Gasteiger partial charge >= 0.3 is 0 Å². The van der Waals surface area contributed by atoms with E-state index in [1.165, 1.54) is 11.8 Å². The lowest BCUT2D eigenvalue weighted by Gasteiger charge is -2.25. The van der Waals surface area contributed by atoms with E-state index in [1.807, 2.05) is 0 Å². The van der Waals surface area contributed by atoms with Gasteiger partial charge in [-0.05, 0) is 11.8 Å². The van der Waals surface area contributed by atoms with E-state index < -0.39 is 0 Å². The zero-order valence-corrected chi connectivity index (χ0v) is 10.4. The predicted octanol–water partition coefficient (Wildman–Crippen LogP) is -1.03. The zero-order chi connectivity index (χ0) is 8.81. The molecule has 0 amide bonds. The monoisotopic (exact) mass is 262 g/mol. The SMILES string of the molecule is Cl.Cl.NC(=[NH2+])SCCN1CCOCC1. The summed E-state index contributed by atoms with van der Waals surface area (Å²) in [4.78, 5) is 2.36. The fourth-order valence-electron chi connectivity index (χ4n) is 1.12. The van der Waals surface area contributed by atoms with Crippen molar-refractivity contribution < 1.29 is 10.1 Å². The second-order valence-corrected chi connectivity index (χ2v) is 3.87. The van der Waals surface area contributed by atoms with Crippen molar-refractivity contribution >= 4 is 41.7 Å². The number of amidine groups is 1. The molecule has 0 aromatic rings. The normalized spacial score (nSPS) is 16.6. The van der Waals surface area contributed by atoms with Gasteiger partial charge in [-0.25, -0.2) is 0 Å². The number of rotatable bonds is 3. The maximum Gasteiger partial charge on any atom is 0.299 e. The lowest BCUT2D eigenvalue weighted by Crippen LogP contribution is -2.44. The van der Waals surface area contributed by atoms with Crippen LogP contribution in [-0.2, 0) is 4.74 Å². The molecular formula is C7H18Cl2N3OS+. The quantitative estimate of drug-likeness (QED) is 0.505. The minimum absolute atomic E-state index is 0. The van der Waals surface area contributed by atoms with Gasteiger partial charge in [0.1, 0.15) is 0 Å². The Morgan fingerprint density at radius 1 is 1.36 bits per heavy atom. The number of halogens is 2. The summed E-state index contributed by atoms with van der Waals surface area (Å²) in [6, 6.07) is 0. The summed E-state index contributed by atoms with van der Waals surface area (Å²) in [6.45, 7) is 4.82. The molecule has 0 aromatic carbocycles. The molecule has 0 saturated carbocycles. The number of hydrogen-bond acceptors (Lipinski definition) is 3. The predicted molar refractivity (Wildman–Crippen MR) is 65.3 cm³/mol. The van der Waals surface area contributed by atoms with Crippen molar-refractivity contribution in [2.45, 2.75) is 0 Å². The highest BCUT2D eigenvalue weighted by Gasteiger charge is 2.09. The van der Waals surface area contributed by atoms with E-state index in [1.54, 1.807) is 0 Å². The van der Waals surface area contributed by atoms with Gasteiger partial charge in [-0.1, -0.05) is 0 Å². The molecule has 0 spiro atoms. The Morgan fingerprint density at radius 2 is 1.93 bits per heavy atom. The third kappa shape index (κ3) is 7.70. The van der Waals surface area contributed by atoms with Crippen LogP contribution in [0.25, 0.3) is 0 Å². The molecule has 0 unspecified atom stereocenters. The van der Waals surface area contributed by atoms with Gasteiger partial charge < -0.3 is 4.74 Å². The minimum atomic E-state index is 0. The summed E-state index contributed by atoms with van der Waals surface area (Å²) < 4.78 is 5.22. The molecule has 4 nitrogen and oxygen atoms in total. The first-order valence-electron chi connectivity index (χ1n) is 4.10. The number of nitrogens with two attached hydrogens (primary N) is 2. The molecule has 7 heteroatoms. The molecular weight excluding hydrogens is 245 g/mol. The fraction of sp³-hybridized carbons (Fsp3) is 0.857. The standard InChI is InChI=1S/C7H15N3OS.2ClH/c8-7(9)12-6-3-10-1-4-11-5-2-10;;/h1-6H2,(H3,8,9);2*1H/p+1. The Kier molecular flexibility index (Phi) is 11.8. The lowest BCUT2D eigenvalue weighted by atomic mass is 10.4. The third-order valence-corrected chi connectivity index (χ3v) is 2.50. The summed E-state index contributed by atoms with van der Waals surface area (Å²) in [5.74, 6) is 0.975. The van der Waals surface area contributed by atoms with Crippen LogP contribution < -0.4 is 11.1 Å². The number of ether oxygens (including phenoxy) is 1. The molecule has 1 aliphatic heterocycles. The summed E-state index contributed by atoms with van der Waals surface area (Å²) in [5.41, 5.74) is 5.32. The number of morpholine rings is 1. The van der Waals surface area contributed by atoms with Gasteiger partial charge in [0, 0.05) is 25.4 Å². The Labute approximate surface area is 101 Å². The number of nitrogens with zero attached hydrogens (tertiary/aromatic N) is 1. The first-order chi connectivity index (χ1) is 5.79. The van der Waals surface area contributed by atoms with Crippen molar-refractivity contribution in [1.82, 2.24) is 4.90 Å². The number of hydrogen-bond donors (Lipinski definition) is 2. The molecule has 0 aliphatic carbocycles. The van der Waals surface area contributed by atoms with E-state index in [-0.39, 0.29) is 24.8 Å². The van der Waals surface area contributed by atoms with Crippen LogP contribution in [0.2, 0.25) is 0 Å². The van der Waals surface area contributed by atoms with Crippen LogP contribution in [0.5, 0.6) is 0 Å². The Balaban J connectivity index is 0. The first-order valence-corrected chi connectivity index (χ1v) is 5.08. The van der Waals surface area contributed by atoms with Crippen LogP contribution >= 0.6 is 36.6 Å². The Hall–Kier alpha value is 0.320. The van der Waals surface area contributed by atoms with E-state index in [4.69, 9.17) is 15.9 Å². The van der Waals surface area contributed by atoms with Gasteiger partial charge in [0.05, 0.1) is 13.2 Å². The molecule has 14 heavy (non-hydrogen) atoms. The van der Waals surface area contributed by atoms with Crippen molar-refractivity contribution in [3.05, 3.63) is 0 Å². The van der Waals surface area contributed by atoms with Crippen molar-refractivity contribution in [2.24, 2.45) is 5.73 Å². The summed E-state index contributed by atoms with van der Waals surface area (Å²) >= 11 is 1.51. The van der Waals surface area contributed by atoms with Crippen LogP contribution in [0, 0.1) is 0 Å². The minimum Gasteiger partial charge on any atom is -0.379 e. The van der Waals surface area contributed by atoms with Crippen LogP contribution in [0.3, 0.4) is 0 Å². The van der Waals surface area contributed by atoms with E-state index in [2.05, 4.69) is 4.90 Å². The Bertz CT molecular complexity index is 156. The molecule has 1 rings (SSSR count). The van der Waals surface area contributed by atoms with Crippen LogP contribution in [0.1, 0.15) is 0 Å². The maximum absolute atomic E-state index is 5.32. The first kappa shape index (κ1) is 16.7. The van der Waals surface area contributed by atoms with E-state index >= 15 is 0 Å². The molecule has 1 heterocycles. The number of thioether (sulfide) groups is 1. The second-order valence-electron chi connectivity index (χ2n) is 2.70. The average Bonchev–Trinajstić information content (AvgIpc) is 2.05. The van der Waals surface area contributed by atoms with E-state index in [0.29, 0.717) is 5.17 Å². The highest BCUT2D eigenvalue weighted by Crippen LogP contribution is 2.00. The van der Waals surface area contributed by atoms with Gasteiger partial charge in [0.25, 0.3) is 5.17 Å². The fourth-order valence-corrected chi connectivity index (χ4v) is 1.70. The molecule has 0 bridgehead atoms. The van der Waals surface area contributed by atoms with Gasteiger partial charge in [-0.2, -0.15) is 0 Å². The summed E-state index contributed by atoms with van der Waals surface area (Å²) in [7, 11) is 0. The van der Waals surface area contributed by atoms with Gasteiger partial charge in [-0.15, -0.1) is 24.8 Å². The van der Waals surface area contributed by atoms with Crippen LogP contribution in [0.15, 0.2) is 0 Å². The van der Waals surface area contributed by atoms with E-state index in [9.17, 15) is 0 Å². The molecule has 0 radical (unpaired) electrons. The molecule has 0 atom stereocenters. The highest BCUT2D eigenvalue weighted by atomic mass is 35.5. The van der Waals surface area contributed by atoms with Gasteiger partial charge in [0.2, 0.25) is 0 Å². The van der Waals surface area contributed by atoms with E-state index in [0.717, 1.165) is 38.6 Å². The summed E-state index contributed by atoms with van der Waals surface area (Å²) in [6.07, 6.45) is 0. The topological polar surface area (TPSA) is 64.1 Å². The average molecular weight is 263 g/mol. The largest absolute Gasteiger partial charge is 0.379 e. The van der Waals surface area contributed by atoms with Crippen molar-refractivity contribution in [3.63, 3.8) is 0 Å². The molecule has 1 saturated heterocycles. The summed E-state index contributed by atoms with van der Waals surface area (Å²) in [5, 5.41) is 5.78. The van der Waals surface area contributed by atoms with Gasteiger partial charge in [-0.3, -0.25) is 16.0 Å². The Morgan fingerprint density at radius 3 is 2.43 bits per heavy atom. The van der Waals surface area contributed by atoms with Crippen molar-refractivity contribution in [1.29, 1.82) is 0 Å².